The molecule has 5 nitrogen and oxygen atoms in total. The van der Waals surface area contributed by atoms with Gasteiger partial charge in [-0.15, -0.1) is 11.3 Å². The van der Waals surface area contributed by atoms with Gasteiger partial charge in [0.25, 0.3) is 0 Å². The van der Waals surface area contributed by atoms with E-state index in [1.165, 1.54) is 0 Å². The molecule has 0 bridgehead atoms. The van der Waals surface area contributed by atoms with E-state index in [1.807, 2.05) is 43.6 Å². The Hall–Kier alpha value is -1.92. The molecular formula is C14H15N3O2S. The number of hydrogen-bond donors (Lipinski definition) is 0. The Kier molecular flexibility index (Phi) is 3.66. The van der Waals surface area contributed by atoms with Gasteiger partial charge in [-0.05, 0) is 37.6 Å². The maximum absolute atomic E-state index is 5.36. The third kappa shape index (κ3) is 2.66. The lowest BCUT2D eigenvalue weighted by molar-refractivity contribution is 0.190. The lowest BCUT2D eigenvalue weighted by Gasteiger charge is -2.19. The van der Waals surface area contributed by atoms with E-state index in [1.54, 1.807) is 17.6 Å². The number of rotatable bonds is 5. The highest BCUT2D eigenvalue weighted by atomic mass is 32.1. The molecule has 6 heteroatoms. The number of hydrogen-bond acceptors (Lipinski definition) is 6. The first-order chi connectivity index (χ1) is 9.74. The molecule has 0 aromatic carbocycles. The summed E-state index contributed by atoms with van der Waals surface area (Å²) in [6, 6.07) is 7.82. The van der Waals surface area contributed by atoms with E-state index < -0.39 is 0 Å². The van der Waals surface area contributed by atoms with Gasteiger partial charge in [0.1, 0.15) is 5.76 Å². The highest BCUT2D eigenvalue weighted by Crippen LogP contribution is 2.25. The summed E-state index contributed by atoms with van der Waals surface area (Å²) in [5, 5.41) is 6.03. The Morgan fingerprint density at radius 3 is 2.95 bits per heavy atom. The second-order valence-corrected chi connectivity index (χ2v) is 5.55. The first-order valence-corrected chi connectivity index (χ1v) is 7.22. The van der Waals surface area contributed by atoms with Gasteiger partial charge in [-0.1, -0.05) is 11.2 Å². The summed E-state index contributed by atoms with van der Waals surface area (Å²) in [6.45, 7) is 2.74. The van der Waals surface area contributed by atoms with Crippen LogP contribution in [0.3, 0.4) is 0 Å². The Labute approximate surface area is 120 Å². The van der Waals surface area contributed by atoms with Crippen LogP contribution in [0.5, 0.6) is 0 Å². The van der Waals surface area contributed by atoms with Crippen molar-refractivity contribution in [3.63, 3.8) is 0 Å². The number of nitrogens with zero attached hydrogens (tertiary/aromatic N) is 3. The smallest absolute Gasteiger partial charge is 0.244 e. The van der Waals surface area contributed by atoms with Crippen LogP contribution in [0.2, 0.25) is 0 Å². The fraction of sp³-hybridized carbons (Fsp3) is 0.286. The van der Waals surface area contributed by atoms with E-state index in [2.05, 4.69) is 15.0 Å². The zero-order valence-electron chi connectivity index (χ0n) is 11.3. The van der Waals surface area contributed by atoms with Crippen molar-refractivity contribution in [1.29, 1.82) is 0 Å². The van der Waals surface area contributed by atoms with Crippen molar-refractivity contribution < 1.29 is 8.94 Å². The van der Waals surface area contributed by atoms with Crippen LogP contribution >= 0.6 is 11.3 Å². The van der Waals surface area contributed by atoms with Gasteiger partial charge in [0, 0.05) is 0 Å². The minimum absolute atomic E-state index is 0.0290. The fourth-order valence-corrected chi connectivity index (χ4v) is 2.53. The molecule has 3 rings (SSSR count). The van der Waals surface area contributed by atoms with Gasteiger partial charge in [0.2, 0.25) is 11.7 Å². The standard InChI is InChI=1S/C14H15N3O2S/c1-10(17(2)9-11-5-3-7-18-11)14-15-13(16-19-14)12-6-4-8-20-12/h3-8,10H,9H2,1-2H3/t10-/m1/s1. The molecule has 104 valence electrons. The van der Waals surface area contributed by atoms with Crippen molar-refractivity contribution in [1.82, 2.24) is 15.0 Å². The third-order valence-corrected chi connectivity index (χ3v) is 4.05. The van der Waals surface area contributed by atoms with Crippen LogP contribution in [0.1, 0.15) is 24.6 Å². The average molecular weight is 289 g/mol. The molecular weight excluding hydrogens is 274 g/mol. The van der Waals surface area contributed by atoms with Gasteiger partial charge in [-0.2, -0.15) is 4.98 Å². The lowest BCUT2D eigenvalue weighted by Crippen LogP contribution is -2.21. The molecule has 0 aliphatic rings. The normalized spacial score (nSPS) is 12.9. The Balaban J connectivity index is 1.72. The lowest BCUT2D eigenvalue weighted by atomic mass is 10.3. The molecule has 1 atom stereocenters. The van der Waals surface area contributed by atoms with Crippen molar-refractivity contribution in [2.45, 2.75) is 19.5 Å². The van der Waals surface area contributed by atoms with Crippen LogP contribution in [-0.4, -0.2) is 22.1 Å². The number of aromatic nitrogens is 2. The van der Waals surface area contributed by atoms with E-state index in [9.17, 15) is 0 Å². The van der Waals surface area contributed by atoms with Crippen molar-refractivity contribution in [2.24, 2.45) is 0 Å². The molecule has 3 aromatic rings. The summed E-state index contributed by atoms with van der Waals surface area (Å²) in [7, 11) is 2.00. The molecule has 0 saturated carbocycles. The second kappa shape index (κ2) is 5.60. The monoisotopic (exact) mass is 289 g/mol. The SMILES string of the molecule is C[C@H](c1nc(-c2cccs2)no1)N(C)Cc1ccco1. The van der Waals surface area contributed by atoms with Crippen molar-refractivity contribution in [3.05, 3.63) is 47.6 Å². The van der Waals surface area contributed by atoms with E-state index in [0.717, 1.165) is 10.6 Å². The first-order valence-electron chi connectivity index (χ1n) is 6.34. The van der Waals surface area contributed by atoms with Crippen LogP contribution in [-0.2, 0) is 6.54 Å². The van der Waals surface area contributed by atoms with E-state index in [-0.39, 0.29) is 6.04 Å². The molecule has 20 heavy (non-hydrogen) atoms. The topological polar surface area (TPSA) is 55.3 Å². The van der Waals surface area contributed by atoms with Gasteiger partial charge in [-0.3, -0.25) is 4.90 Å². The summed E-state index contributed by atoms with van der Waals surface area (Å²) >= 11 is 1.60. The molecule has 0 radical (unpaired) electrons. The Morgan fingerprint density at radius 2 is 2.25 bits per heavy atom. The number of furan rings is 1. The van der Waals surface area contributed by atoms with Gasteiger partial charge < -0.3 is 8.94 Å². The molecule has 0 saturated heterocycles. The molecule has 0 aliphatic heterocycles. The molecule has 0 N–H and O–H groups in total. The van der Waals surface area contributed by atoms with E-state index in [4.69, 9.17) is 8.94 Å². The molecule has 3 heterocycles. The van der Waals surface area contributed by atoms with E-state index in [0.29, 0.717) is 18.3 Å². The summed E-state index contributed by atoms with van der Waals surface area (Å²) in [5.74, 6) is 2.17. The quantitative estimate of drug-likeness (QED) is 0.718. The van der Waals surface area contributed by atoms with Crippen LogP contribution in [0.25, 0.3) is 10.7 Å². The largest absolute Gasteiger partial charge is 0.468 e. The Morgan fingerprint density at radius 1 is 1.35 bits per heavy atom. The van der Waals surface area contributed by atoms with Crippen LogP contribution in [0, 0.1) is 0 Å². The predicted molar refractivity (Wildman–Crippen MR) is 76.2 cm³/mol. The first kappa shape index (κ1) is 13.1. The zero-order valence-corrected chi connectivity index (χ0v) is 12.1. The van der Waals surface area contributed by atoms with Crippen molar-refractivity contribution in [2.75, 3.05) is 7.05 Å². The summed E-state index contributed by atoms with van der Waals surface area (Å²) in [6.07, 6.45) is 1.68. The number of thiophene rings is 1. The predicted octanol–water partition coefficient (Wildman–Crippen LogP) is 3.58. The maximum Gasteiger partial charge on any atom is 0.244 e. The maximum atomic E-state index is 5.36. The summed E-state index contributed by atoms with van der Waals surface area (Å²) in [5.41, 5.74) is 0. The van der Waals surface area contributed by atoms with Crippen molar-refractivity contribution >= 4 is 11.3 Å². The van der Waals surface area contributed by atoms with Crippen LogP contribution in [0.4, 0.5) is 0 Å². The van der Waals surface area contributed by atoms with Gasteiger partial charge in [0.05, 0.1) is 23.7 Å². The average Bonchev–Trinajstić information content (AvgIpc) is 3.18. The summed E-state index contributed by atoms with van der Waals surface area (Å²) in [4.78, 5) is 7.58. The molecule has 0 fully saturated rings. The molecule has 0 unspecified atom stereocenters. The van der Waals surface area contributed by atoms with Gasteiger partial charge in [-0.25, -0.2) is 0 Å². The highest BCUT2D eigenvalue weighted by Gasteiger charge is 2.20. The van der Waals surface area contributed by atoms with Crippen molar-refractivity contribution in [3.8, 4) is 10.7 Å². The fourth-order valence-electron chi connectivity index (χ4n) is 1.88. The molecule has 0 aliphatic carbocycles. The highest BCUT2D eigenvalue weighted by molar-refractivity contribution is 7.13. The van der Waals surface area contributed by atoms with E-state index >= 15 is 0 Å². The second-order valence-electron chi connectivity index (χ2n) is 4.60. The minimum atomic E-state index is 0.0290. The molecule has 0 spiro atoms. The van der Waals surface area contributed by atoms with Crippen LogP contribution in [0.15, 0.2) is 44.8 Å². The van der Waals surface area contributed by atoms with Gasteiger partial charge >= 0.3 is 0 Å². The van der Waals surface area contributed by atoms with Crippen LogP contribution < -0.4 is 0 Å². The summed E-state index contributed by atoms with van der Waals surface area (Å²) < 4.78 is 10.7. The minimum Gasteiger partial charge on any atom is -0.468 e. The molecule has 0 amide bonds. The Bertz CT molecular complexity index is 646. The third-order valence-electron chi connectivity index (χ3n) is 3.19. The zero-order chi connectivity index (χ0) is 13.9. The molecule has 3 aromatic heterocycles. The van der Waals surface area contributed by atoms with Gasteiger partial charge in [0.15, 0.2) is 0 Å².